The molecule has 1 heterocycles. The number of aromatic nitrogens is 3. The quantitative estimate of drug-likeness (QED) is 0.548. The monoisotopic (exact) mass is 227 g/mol. The van der Waals surface area contributed by atoms with Crippen molar-refractivity contribution < 1.29 is 9.90 Å². The van der Waals surface area contributed by atoms with Gasteiger partial charge in [0.2, 0.25) is 5.91 Å². The summed E-state index contributed by atoms with van der Waals surface area (Å²) < 4.78 is 1.58. The Bertz CT molecular complexity index is 312. The number of hydrogen-bond donors (Lipinski definition) is 3. The summed E-state index contributed by atoms with van der Waals surface area (Å²) in [5.74, 6) is -0.119. The Kier molecular flexibility index (Phi) is 4.87. The van der Waals surface area contributed by atoms with E-state index in [1.807, 2.05) is 0 Å². The lowest BCUT2D eigenvalue weighted by atomic mass is 10.2. The maximum atomic E-state index is 11.4. The van der Waals surface area contributed by atoms with Crippen LogP contribution < -0.4 is 11.1 Å². The van der Waals surface area contributed by atoms with Crippen molar-refractivity contribution in [2.75, 3.05) is 6.54 Å². The normalized spacial score (nSPS) is 14.4. The first-order chi connectivity index (χ1) is 7.59. The summed E-state index contributed by atoms with van der Waals surface area (Å²) in [4.78, 5) is 15.1. The molecule has 1 amide bonds. The van der Waals surface area contributed by atoms with Gasteiger partial charge in [0.15, 0.2) is 0 Å². The number of carbonyl (C=O) groups excluding carboxylic acids is 1. The molecule has 0 spiro atoms. The number of nitrogens with two attached hydrogens (primary N) is 1. The molecule has 0 radical (unpaired) electrons. The van der Waals surface area contributed by atoms with E-state index in [1.54, 1.807) is 17.9 Å². The summed E-state index contributed by atoms with van der Waals surface area (Å²) in [6.45, 7) is 2.34. The van der Waals surface area contributed by atoms with Crippen LogP contribution in [0.4, 0.5) is 0 Å². The van der Waals surface area contributed by atoms with E-state index in [-0.39, 0.29) is 12.5 Å². The average molecular weight is 227 g/mol. The molecule has 0 aliphatic heterocycles. The third-order valence-corrected chi connectivity index (χ3v) is 2.19. The van der Waals surface area contributed by atoms with Gasteiger partial charge in [-0.3, -0.25) is 9.48 Å². The minimum absolute atomic E-state index is 0.119. The number of amides is 1. The van der Waals surface area contributed by atoms with Gasteiger partial charge in [0.1, 0.15) is 12.7 Å². The van der Waals surface area contributed by atoms with E-state index < -0.39 is 12.1 Å². The molecule has 7 heteroatoms. The molecule has 7 nitrogen and oxygen atoms in total. The summed E-state index contributed by atoms with van der Waals surface area (Å²) >= 11 is 0. The zero-order chi connectivity index (χ0) is 12.0. The van der Waals surface area contributed by atoms with Gasteiger partial charge in [0.05, 0.1) is 12.6 Å². The molecule has 0 aliphatic rings. The average Bonchev–Trinajstić information content (AvgIpc) is 2.75. The van der Waals surface area contributed by atoms with Gasteiger partial charge in [-0.2, -0.15) is 5.10 Å². The fourth-order valence-electron chi connectivity index (χ4n) is 1.05. The molecule has 0 aliphatic carbocycles. The van der Waals surface area contributed by atoms with Crippen molar-refractivity contribution in [2.24, 2.45) is 5.73 Å². The molecule has 2 atom stereocenters. The van der Waals surface area contributed by atoms with Crippen molar-refractivity contribution >= 4 is 5.91 Å². The molecule has 16 heavy (non-hydrogen) atoms. The van der Waals surface area contributed by atoms with Gasteiger partial charge in [0, 0.05) is 19.0 Å². The molecular weight excluding hydrogens is 210 g/mol. The van der Waals surface area contributed by atoms with Crippen molar-refractivity contribution in [3.63, 3.8) is 0 Å². The van der Waals surface area contributed by atoms with E-state index >= 15 is 0 Å². The second-order valence-corrected chi connectivity index (χ2v) is 3.62. The Hall–Kier alpha value is -1.47. The summed E-state index contributed by atoms with van der Waals surface area (Å²) in [5, 5.41) is 15.6. The lowest BCUT2D eigenvalue weighted by Crippen LogP contribution is -2.43. The maximum Gasteiger partial charge on any atom is 0.221 e. The number of carbonyl (C=O) groups is 1. The zero-order valence-corrected chi connectivity index (χ0v) is 9.21. The largest absolute Gasteiger partial charge is 0.392 e. The van der Waals surface area contributed by atoms with E-state index in [2.05, 4.69) is 15.4 Å². The Morgan fingerprint density at radius 1 is 1.69 bits per heavy atom. The summed E-state index contributed by atoms with van der Waals surface area (Å²) in [5.41, 5.74) is 5.56. The highest BCUT2D eigenvalue weighted by Crippen LogP contribution is 1.89. The van der Waals surface area contributed by atoms with Gasteiger partial charge >= 0.3 is 0 Å². The number of aliphatic hydroxyl groups excluding tert-OH is 1. The first-order valence-electron chi connectivity index (χ1n) is 5.12. The van der Waals surface area contributed by atoms with Crippen molar-refractivity contribution in [1.82, 2.24) is 20.1 Å². The molecular formula is C9H17N5O2. The van der Waals surface area contributed by atoms with Crippen LogP contribution in [0.5, 0.6) is 0 Å². The number of hydrogen-bond acceptors (Lipinski definition) is 5. The summed E-state index contributed by atoms with van der Waals surface area (Å²) in [6, 6.07) is -0.435. The minimum Gasteiger partial charge on any atom is -0.392 e. The molecule has 0 saturated heterocycles. The molecule has 0 saturated carbocycles. The van der Waals surface area contributed by atoms with Crippen LogP contribution in [-0.4, -0.2) is 44.5 Å². The van der Waals surface area contributed by atoms with Crippen LogP contribution in [0.3, 0.4) is 0 Å². The number of rotatable bonds is 6. The topological polar surface area (TPSA) is 106 Å². The van der Waals surface area contributed by atoms with Crippen LogP contribution in [-0.2, 0) is 11.3 Å². The summed E-state index contributed by atoms with van der Waals surface area (Å²) in [7, 11) is 0. The predicted octanol–water partition coefficient (Wildman–Crippen LogP) is -1.51. The smallest absolute Gasteiger partial charge is 0.221 e. The molecule has 1 rings (SSSR count). The van der Waals surface area contributed by atoms with Gasteiger partial charge < -0.3 is 16.2 Å². The van der Waals surface area contributed by atoms with Crippen molar-refractivity contribution in [3.8, 4) is 0 Å². The second kappa shape index (κ2) is 6.19. The van der Waals surface area contributed by atoms with Crippen LogP contribution in [0.25, 0.3) is 0 Å². The lowest BCUT2D eigenvalue weighted by molar-refractivity contribution is -0.121. The first kappa shape index (κ1) is 12.6. The highest BCUT2D eigenvalue weighted by atomic mass is 16.3. The van der Waals surface area contributed by atoms with Crippen molar-refractivity contribution in [3.05, 3.63) is 12.7 Å². The van der Waals surface area contributed by atoms with E-state index in [4.69, 9.17) is 10.8 Å². The van der Waals surface area contributed by atoms with Crippen molar-refractivity contribution in [1.29, 1.82) is 0 Å². The van der Waals surface area contributed by atoms with E-state index in [0.29, 0.717) is 13.0 Å². The van der Waals surface area contributed by atoms with Crippen LogP contribution in [0.15, 0.2) is 12.7 Å². The number of nitrogens with one attached hydrogen (secondary N) is 1. The lowest BCUT2D eigenvalue weighted by Gasteiger charge is -2.15. The second-order valence-electron chi connectivity index (χ2n) is 3.62. The molecule has 1 aromatic rings. The number of aryl methyl sites for hydroxylation is 1. The zero-order valence-electron chi connectivity index (χ0n) is 9.21. The number of aliphatic hydroxyl groups is 1. The van der Waals surface area contributed by atoms with Crippen LogP contribution in [0, 0.1) is 0 Å². The van der Waals surface area contributed by atoms with Gasteiger partial charge in [-0.25, -0.2) is 4.98 Å². The molecule has 0 bridgehead atoms. The third kappa shape index (κ3) is 4.37. The van der Waals surface area contributed by atoms with E-state index in [0.717, 1.165) is 0 Å². The molecule has 1 aromatic heterocycles. The van der Waals surface area contributed by atoms with Crippen molar-refractivity contribution in [2.45, 2.75) is 32.0 Å². The van der Waals surface area contributed by atoms with Gasteiger partial charge in [-0.05, 0) is 6.92 Å². The first-order valence-corrected chi connectivity index (χ1v) is 5.12. The van der Waals surface area contributed by atoms with Gasteiger partial charge in [-0.1, -0.05) is 0 Å². The number of nitrogens with zero attached hydrogens (tertiary/aromatic N) is 3. The highest BCUT2D eigenvalue weighted by molar-refractivity contribution is 5.75. The fourth-order valence-corrected chi connectivity index (χ4v) is 1.05. The molecule has 0 fully saturated rings. The standard InChI is InChI=1S/C9H17N5O2/c1-7(15)8(10)4-12-9(16)2-3-14-6-11-5-13-14/h5-8,15H,2-4,10H2,1H3,(H,12,16). The van der Waals surface area contributed by atoms with Gasteiger partial charge in [-0.15, -0.1) is 0 Å². The SMILES string of the molecule is CC(O)C(N)CNC(=O)CCn1cncn1. The molecule has 2 unspecified atom stereocenters. The van der Waals surface area contributed by atoms with Crippen LogP contribution >= 0.6 is 0 Å². The maximum absolute atomic E-state index is 11.4. The third-order valence-electron chi connectivity index (χ3n) is 2.19. The Balaban J connectivity index is 2.16. The molecule has 4 N–H and O–H groups in total. The Labute approximate surface area is 93.7 Å². The predicted molar refractivity (Wildman–Crippen MR) is 57.3 cm³/mol. The molecule has 0 aromatic carbocycles. The van der Waals surface area contributed by atoms with Crippen LogP contribution in [0.1, 0.15) is 13.3 Å². The van der Waals surface area contributed by atoms with E-state index in [9.17, 15) is 4.79 Å². The molecule has 90 valence electrons. The summed E-state index contributed by atoms with van der Waals surface area (Å²) in [6.07, 6.45) is 2.65. The fraction of sp³-hybridized carbons (Fsp3) is 0.667. The Morgan fingerprint density at radius 3 is 3.00 bits per heavy atom. The van der Waals surface area contributed by atoms with Gasteiger partial charge in [0.25, 0.3) is 0 Å². The van der Waals surface area contributed by atoms with Crippen LogP contribution in [0.2, 0.25) is 0 Å². The Morgan fingerprint density at radius 2 is 2.44 bits per heavy atom. The van der Waals surface area contributed by atoms with E-state index in [1.165, 1.54) is 6.33 Å². The highest BCUT2D eigenvalue weighted by Gasteiger charge is 2.10. The minimum atomic E-state index is -0.629.